The first kappa shape index (κ1) is 14.6. The van der Waals surface area contributed by atoms with Gasteiger partial charge in [0.05, 0.1) is 5.01 Å². The number of aliphatic hydroxyl groups is 1. The lowest BCUT2D eigenvalue weighted by Gasteiger charge is -2.30. The normalized spacial score (nSPS) is 13.9. The standard InChI is InChI=1S/C13H24N2OS/c1-4-13(5-2,10-16)9-14-8-11(3)12-15-6-7-17-12/h6-7,11,14,16H,4-5,8-10H2,1-3H3. The molecule has 0 saturated carbocycles. The van der Waals surface area contributed by atoms with Gasteiger partial charge in [0.15, 0.2) is 0 Å². The van der Waals surface area contributed by atoms with Crippen molar-refractivity contribution < 1.29 is 5.11 Å². The Morgan fingerprint density at radius 2 is 2.18 bits per heavy atom. The Morgan fingerprint density at radius 1 is 1.47 bits per heavy atom. The Kier molecular flexibility index (Phi) is 6.09. The zero-order valence-electron chi connectivity index (χ0n) is 11.1. The Hall–Kier alpha value is -0.450. The highest BCUT2D eigenvalue weighted by molar-refractivity contribution is 7.09. The van der Waals surface area contributed by atoms with Crippen LogP contribution < -0.4 is 5.32 Å². The van der Waals surface area contributed by atoms with Crippen LogP contribution in [0.3, 0.4) is 0 Å². The molecule has 0 aliphatic heterocycles. The lowest BCUT2D eigenvalue weighted by Crippen LogP contribution is -2.37. The molecule has 17 heavy (non-hydrogen) atoms. The summed E-state index contributed by atoms with van der Waals surface area (Å²) in [5.41, 5.74) is 0.0442. The van der Waals surface area contributed by atoms with E-state index in [0.29, 0.717) is 5.92 Å². The Morgan fingerprint density at radius 3 is 2.65 bits per heavy atom. The fourth-order valence-corrected chi connectivity index (χ4v) is 2.60. The van der Waals surface area contributed by atoms with E-state index in [1.165, 1.54) is 5.01 Å². The molecule has 1 atom stereocenters. The minimum Gasteiger partial charge on any atom is -0.396 e. The molecule has 0 aromatic carbocycles. The van der Waals surface area contributed by atoms with E-state index in [9.17, 15) is 5.11 Å². The summed E-state index contributed by atoms with van der Waals surface area (Å²) in [4.78, 5) is 4.32. The summed E-state index contributed by atoms with van der Waals surface area (Å²) >= 11 is 1.71. The van der Waals surface area contributed by atoms with Crippen molar-refractivity contribution in [2.24, 2.45) is 5.41 Å². The van der Waals surface area contributed by atoms with Crippen molar-refractivity contribution in [2.75, 3.05) is 19.7 Å². The lowest BCUT2D eigenvalue weighted by molar-refractivity contribution is 0.113. The summed E-state index contributed by atoms with van der Waals surface area (Å²) in [5, 5.41) is 16.1. The highest BCUT2D eigenvalue weighted by Gasteiger charge is 2.24. The highest BCUT2D eigenvalue weighted by Crippen LogP contribution is 2.25. The number of hydrogen-bond donors (Lipinski definition) is 2. The molecule has 1 rings (SSSR count). The molecule has 0 aliphatic carbocycles. The molecular formula is C13H24N2OS. The van der Waals surface area contributed by atoms with Gasteiger partial charge in [-0.2, -0.15) is 0 Å². The van der Waals surface area contributed by atoms with E-state index >= 15 is 0 Å². The summed E-state index contributed by atoms with van der Waals surface area (Å²) in [7, 11) is 0. The Labute approximate surface area is 108 Å². The lowest BCUT2D eigenvalue weighted by atomic mass is 9.83. The maximum Gasteiger partial charge on any atom is 0.0965 e. The SMILES string of the molecule is CCC(CC)(CO)CNCC(C)c1nccs1. The van der Waals surface area contributed by atoms with Crippen molar-refractivity contribution in [3.05, 3.63) is 16.6 Å². The predicted molar refractivity (Wildman–Crippen MR) is 73.5 cm³/mol. The molecular weight excluding hydrogens is 232 g/mol. The van der Waals surface area contributed by atoms with Crippen LogP contribution in [0.2, 0.25) is 0 Å². The van der Waals surface area contributed by atoms with Crippen molar-refractivity contribution in [1.29, 1.82) is 0 Å². The first-order valence-electron chi connectivity index (χ1n) is 6.38. The molecule has 1 unspecified atom stereocenters. The Bertz CT molecular complexity index is 288. The number of thiazole rings is 1. The number of rotatable bonds is 8. The largest absolute Gasteiger partial charge is 0.396 e. The van der Waals surface area contributed by atoms with Crippen molar-refractivity contribution in [3.8, 4) is 0 Å². The zero-order chi connectivity index (χ0) is 12.7. The number of nitrogens with one attached hydrogen (secondary N) is 1. The summed E-state index contributed by atoms with van der Waals surface area (Å²) in [5.74, 6) is 0.445. The van der Waals surface area contributed by atoms with E-state index in [1.54, 1.807) is 11.3 Å². The number of aromatic nitrogens is 1. The van der Waals surface area contributed by atoms with Gasteiger partial charge in [-0.3, -0.25) is 0 Å². The molecule has 0 amide bonds. The third-order valence-corrected chi connectivity index (χ3v) is 4.67. The van der Waals surface area contributed by atoms with E-state index in [4.69, 9.17) is 0 Å². The molecule has 0 fully saturated rings. The third kappa shape index (κ3) is 4.05. The average molecular weight is 256 g/mol. The summed E-state index contributed by atoms with van der Waals surface area (Å²) in [6.45, 7) is 8.54. The molecule has 98 valence electrons. The smallest absolute Gasteiger partial charge is 0.0965 e. The van der Waals surface area contributed by atoms with E-state index in [0.717, 1.165) is 25.9 Å². The molecule has 0 spiro atoms. The van der Waals surface area contributed by atoms with Gasteiger partial charge in [-0.1, -0.05) is 20.8 Å². The molecule has 0 aliphatic rings. The van der Waals surface area contributed by atoms with Gasteiger partial charge in [-0.15, -0.1) is 11.3 Å². The van der Waals surface area contributed by atoms with Crippen LogP contribution in [0, 0.1) is 5.41 Å². The molecule has 4 heteroatoms. The van der Waals surface area contributed by atoms with Crippen LogP contribution in [0.15, 0.2) is 11.6 Å². The molecule has 0 bridgehead atoms. The van der Waals surface area contributed by atoms with Crippen molar-refractivity contribution >= 4 is 11.3 Å². The van der Waals surface area contributed by atoms with Gasteiger partial charge in [0.1, 0.15) is 0 Å². The second kappa shape index (κ2) is 7.09. The molecule has 1 heterocycles. The van der Waals surface area contributed by atoms with Crippen LogP contribution in [0.25, 0.3) is 0 Å². The molecule has 3 nitrogen and oxygen atoms in total. The minimum absolute atomic E-state index is 0.0442. The zero-order valence-corrected chi connectivity index (χ0v) is 11.9. The maximum atomic E-state index is 9.48. The van der Waals surface area contributed by atoms with Gasteiger partial charge in [0.2, 0.25) is 0 Å². The molecule has 0 radical (unpaired) electrons. The van der Waals surface area contributed by atoms with Crippen LogP contribution in [0.5, 0.6) is 0 Å². The van der Waals surface area contributed by atoms with Crippen molar-refractivity contribution in [2.45, 2.75) is 39.5 Å². The van der Waals surface area contributed by atoms with Crippen LogP contribution in [-0.4, -0.2) is 29.8 Å². The van der Waals surface area contributed by atoms with E-state index in [2.05, 4.69) is 31.1 Å². The molecule has 1 aromatic rings. The fraction of sp³-hybridized carbons (Fsp3) is 0.769. The van der Waals surface area contributed by atoms with Gasteiger partial charge in [0.25, 0.3) is 0 Å². The second-order valence-electron chi connectivity index (χ2n) is 4.77. The van der Waals surface area contributed by atoms with Gasteiger partial charge < -0.3 is 10.4 Å². The summed E-state index contributed by atoms with van der Waals surface area (Å²) in [6, 6.07) is 0. The van der Waals surface area contributed by atoms with Crippen LogP contribution in [0.4, 0.5) is 0 Å². The highest BCUT2D eigenvalue weighted by atomic mass is 32.1. The van der Waals surface area contributed by atoms with Crippen molar-refractivity contribution in [1.82, 2.24) is 10.3 Å². The minimum atomic E-state index is 0.0442. The topological polar surface area (TPSA) is 45.1 Å². The van der Waals surface area contributed by atoms with Crippen molar-refractivity contribution in [3.63, 3.8) is 0 Å². The number of hydrogen-bond acceptors (Lipinski definition) is 4. The monoisotopic (exact) mass is 256 g/mol. The average Bonchev–Trinajstić information content (AvgIpc) is 2.89. The van der Waals surface area contributed by atoms with Crippen LogP contribution >= 0.6 is 11.3 Å². The van der Waals surface area contributed by atoms with Crippen LogP contribution in [0.1, 0.15) is 44.5 Å². The van der Waals surface area contributed by atoms with Gasteiger partial charge in [-0.25, -0.2) is 4.98 Å². The van der Waals surface area contributed by atoms with Gasteiger partial charge in [-0.05, 0) is 12.8 Å². The maximum absolute atomic E-state index is 9.48. The molecule has 2 N–H and O–H groups in total. The quantitative estimate of drug-likeness (QED) is 0.751. The van der Waals surface area contributed by atoms with Gasteiger partial charge in [0, 0.05) is 42.6 Å². The summed E-state index contributed by atoms with van der Waals surface area (Å²) < 4.78 is 0. The second-order valence-corrected chi connectivity index (χ2v) is 5.69. The third-order valence-electron chi connectivity index (χ3n) is 3.66. The van der Waals surface area contributed by atoms with E-state index < -0.39 is 0 Å². The first-order chi connectivity index (χ1) is 8.17. The Balaban J connectivity index is 2.36. The van der Waals surface area contributed by atoms with E-state index in [1.807, 2.05) is 11.6 Å². The fourth-order valence-electron chi connectivity index (χ4n) is 1.90. The number of aliphatic hydroxyl groups excluding tert-OH is 1. The van der Waals surface area contributed by atoms with E-state index in [-0.39, 0.29) is 12.0 Å². The number of nitrogens with zero attached hydrogens (tertiary/aromatic N) is 1. The predicted octanol–water partition coefficient (Wildman–Crippen LogP) is 2.63. The summed E-state index contributed by atoms with van der Waals surface area (Å²) in [6.07, 6.45) is 3.88. The molecule has 1 aromatic heterocycles. The first-order valence-corrected chi connectivity index (χ1v) is 7.26. The molecule has 0 saturated heterocycles. The van der Waals surface area contributed by atoms with Gasteiger partial charge >= 0.3 is 0 Å². The van der Waals surface area contributed by atoms with Crippen LogP contribution in [-0.2, 0) is 0 Å².